The molecule has 0 bridgehead atoms. The van der Waals surface area contributed by atoms with Gasteiger partial charge in [0, 0.05) is 12.1 Å². The smallest absolute Gasteiger partial charge is 0.315 e. The Bertz CT molecular complexity index is 377. The lowest BCUT2D eigenvalue weighted by atomic mass is 10.0. The molecule has 5 heteroatoms. The first-order valence-electron chi connectivity index (χ1n) is 7.45. The standard InChI is InChI=1S/C14H26N4O/c1-10(2)15-9-13-17-18-14(19-13)16-12-6-4-5-11(3)7-8-12/h10-12,15H,4-9H2,1-3H3,(H,16,18). The molecule has 0 amide bonds. The van der Waals surface area contributed by atoms with E-state index in [9.17, 15) is 0 Å². The van der Waals surface area contributed by atoms with Crippen molar-refractivity contribution >= 4 is 6.01 Å². The SMILES string of the molecule is CC1CCCC(Nc2nnc(CNC(C)C)o2)CC1. The molecule has 1 saturated carbocycles. The van der Waals surface area contributed by atoms with Crippen LogP contribution >= 0.6 is 0 Å². The number of hydrogen-bond donors (Lipinski definition) is 2. The van der Waals surface area contributed by atoms with E-state index in [1.165, 1.54) is 32.1 Å². The van der Waals surface area contributed by atoms with Crippen molar-refractivity contribution in [3.63, 3.8) is 0 Å². The molecule has 0 aromatic carbocycles. The molecule has 0 spiro atoms. The maximum absolute atomic E-state index is 5.61. The molecule has 2 atom stereocenters. The fourth-order valence-electron chi connectivity index (χ4n) is 2.48. The van der Waals surface area contributed by atoms with E-state index in [2.05, 4.69) is 41.6 Å². The summed E-state index contributed by atoms with van der Waals surface area (Å²) in [5, 5.41) is 14.8. The molecular weight excluding hydrogens is 240 g/mol. The zero-order valence-electron chi connectivity index (χ0n) is 12.3. The van der Waals surface area contributed by atoms with Crippen LogP contribution < -0.4 is 10.6 Å². The summed E-state index contributed by atoms with van der Waals surface area (Å²) >= 11 is 0. The molecule has 0 radical (unpaired) electrons. The van der Waals surface area contributed by atoms with Crippen LogP contribution in [0.25, 0.3) is 0 Å². The van der Waals surface area contributed by atoms with E-state index in [1.54, 1.807) is 0 Å². The van der Waals surface area contributed by atoms with E-state index in [-0.39, 0.29) is 0 Å². The largest absolute Gasteiger partial charge is 0.407 e. The molecule has 2 unspecified atom stereocenters. The lowest BCUT2D eigenvalue weighted by Gasteiger charge is -2.14. The first-order valence-corrected chi connectivity index (χ1v) is 7.45. The quantitative estimate of drug-likeness (QED) is 0.802. The van der Waals surface area contributed by atoms with E-state index in [0.717, 1.165) is 5.92 Å². The normalized spacial score (nSPS) is 24.4. The Morgan fingerprint density at radius 3 is 2.84 bits per heavy atom. The summed E-state index contributed by atoms with van der Waals surface area (Å²) < 4.78 is 5.61. The van der Waals surface area contributed by atoms with Gasteiger partial charge in [-0.1, -0.05) is 38.7 Å². The number of hydrogen-bond acceptors (Lipinski definition) is 5. The molecule has 5 nitrogen and oxygen atoms in total. The van der Waals surface area contributed by atoms with Crippen molar-refractivity contribution in [2.45, 2.75) is 71.5 Å². The molecule has 1 aliphatic carbocycles. The predicted molar refractivity (Wildman–Crippen MR) is 75.9 cm³/mol. The molecule has 1 aromatic heterocycles. The molecule has 2 rings (SSSR count). The average Bonchev–Trinajstić information content (AvgIpc) is 2.71. The summed E-state index contributed by atoms with van der Waals surface area (Å²) in [6.45, 7) is 7.17. The van der Waals surface area contributed by atoms with Crippen molar-refractivity contribution in [3.8, 4) is 0 Å². The van der Waals surface area contributed by atoms with Gasteiger partial charge in [0.25, 0.3) is 0 Å². The summed E-state index contributed by atoms with van der Waals surface area (Å²) in [5.41, 5.74) is 0. The van der Waals surface area contributed by atoms with Gasteiger partial charge < -0.3 is 15.1 Å². The molecule has 1 heterocycles. The van der Waals surface area contributed by atoms with Crippen molar-refractivity contribution in [2.24, 2.45) is 5.92 Å². The van der Waals surface area contributed by atoms with Crippen LogP contribution in [0.2, 0.25) is 0 Å². The van der Waals surface area contributed by atoms with Crippen LogP contribution in [0.1, 0.15) is 58.8 Å². The van der Waals surface area contributed by atoms with Gasteiger partial charge >= 0.3 is 6.01 Å². The third kappa shape index (κ3) is 4.82. The molecule has 0 saturated heterocycles. The van der Waals surface area contributed by atoms with Gasteiger partial charge in [0.05, 0.1) is 6.54 Å². The van der Waals surface area contributed by atoms with Crippen molar-refractivity contribution in [3.05, 3.63) is 5.89 Å². The highest BCUT2D eigenvalue weighted by molar-refractivity contribution is 5.19. The lowest BCUT2D eigenvalue weighted by Crippen LogP contribution is -2.22. The third-order valence-corrected chi connectivity index (χ3v) is 3.71. The monoisotopic (exact) mass is 266 g/mol. The van der Waals surface area contributed by atoms with Gasteiger partial charge in [-0.3, -0.25) is 0 Å². The van der Waals surface area contributed by atoms with Crippen molar-refractivity contribution < 1.29 is 4.42 Å². The summed E-state index contributed by atoms with van der Waals surface area (Å²) in [7, 11) is 0. The Morgan fingerprint density at radius 2 is 2.05 bits per heavy atom. The fourth-order valence-corrected chi connectivity index (χ4v) is 2.48. The molecule has 1 aliphatic rings. The van der Waals surface area contributed by atoms with Crippen molar-refractivity contribution in [1.29, 1.82) is 0 Å². The van der Waals surface area contributed by atoms with E-state index in [0.29, 0.717) is 30.5 Å². The molecule has 108 valence electrons. The van der Waals surface area contributed by atoms with Crippen LogP contribution in [0.15, 0.2) is 4.42 Å². The summed E-state index contributed by atoms with van der Waals surface area (Å²) in [6.07, 6.45) is 6.31. The van der Waals surface area contributed by atoms with Crippen LogP contribution in [-0.4, -0.2) is 22.3 Å². The summed E-state index contributed by atoms with van der Waals surface area (Å²) in [6, 6.07) is 1.48. The van der Waals surface area contributed by atoms with Gasteiger partial charge in [-0.25, -0.2) is 0 Å². The first kappa shape index (κ1) is 14.3. The molecular formula is C14H26N4O. The number of nitrogens with zero attached hydrogens (tertiary/aromatic N) is 2. The van der Waals surface area contributed by atoms with Crippen LogP contribution in [0.3, 0.4) is 0 Å². The summed E-state index contributed by atoms with van der Waals surface area (Å²) in [5.74, 6) is 1.50. The second kappa shape index (κ2) is 6.89. The van der Waals surface area contributed by atoms with Crippen LogP contribution in [0.5, 0.6) is 0 Å². The highest BCUT2D eigenvalue weighted by atomic mass is 16.4. The Hall–Kier alpha value is -1.10. The Kier molecular flexibility index (Phi) is 5.19. The zero-order chi connectivity index (χ0) is 13.7. The van der Waals surface area contributed by atoms with Gasteiger partial charge in [0.1, 0.15) is 0 Å². The Labute approximate surface area is 115 Å². The molecule has 19 heavy (non-hydrogen) atoms. The number of anilines is 1. The third-order valence-electron chi connectivity index (χ3n) is 3.71. The number of aromatic nitrogens is 2. The maximum Gasteiger partial charge on any atom is 0.315 e. The topological polar surface area (TPSA) is 63.0 Å². The second-order valence-electron chi connectivity index (χ2n) is 5.99. The van der Waals surface area contributed by atoms with E-state index in [1.807, 2.05) is 0 Å². The van der Waals surface area contributed by atoms with Gasteiger partial charge in [-0.2, -0.15) is 0 Å². The zero-order valence-corrected chi connectivity index (χ0v) is 12.3. The van der Waals surface area contributed by atoms with Crippen LogP contribution in [0, 0.1) is 5.92 Å². The van der Waals surface area contributed by atoms with Crippen molar-refractivity contribution in [1.82, 2.24) is 15.5 Å². The second-order valence-corrected chi connectivity index (χ2v) is 5.99. The van der Waals surface area contributed by atoms with Gasteiger partial charge in [0.2, 0.25) is 5.89 Å². The molecule has 0 aliphatic heterocycles. The molecule has 1 aromatic rings. The molecule has 1 fully saturated rings. The highest BCUT2D eigenvalue weighted by Crippen LogP contribution is 2.24. The van der Waals surface area contributed by atoms with E-state index < -0.39 is 0 Å². The van der Waals surface area contributed by atoms with Gasteiger partial charge in [0.15, 0.2) is 0 Å². The Morgan fingerprint density at radius 1 is 1.21 bits per heavy atom. The first-order chi connectivity index (χ1) is 9.13. The lowest BCUT2D eigenvalue weighted by molar-refractivity contribution is 0.451. The van der Waals surface area contributed by atoms with Crippen LogP contribution in [0.4, 0.5) is 6.01 Å². The summed E-state index contributed by atoms with van der Waals surface area (Å²) in [4.78, 5) is 0. The predicted octanol–water partition coefficient (Wildman–Crippen LogP) is 2.95. The van der Waals surface area contributed by atoms with Crippen molar-refractivity contribution in [2.75, 3.05) is 5.32 Å². The number of nitrogens with one attached hydrogen (secondary N) is 2. The maximum atomic E-state index is 5.61. The van der Waals surface area contributed by atoms with E-state index in [4.69, 9.17) is 4.42 Å². The minimum absolute atomic E-state index is 0.423. The van der Waals surface area contributed by atoms with Gasteiger partial charge in [-0.15, -0.1) is 5.10 Å². The van der Waals surface area contributed by atoms with Gasteiger partial charge in [-0.05, 0) is 25.2 Å². The minimum atomic E-state index is 0.423. The van der Waals surface area contributed by atoms with E-state index >= 15 is 0 Å². The molecule has 2 N–H and O–H groups in total. The fraction of sp³-hybridized carbons (Fsp3) is 0.857. The highest BCUT2D eigenvalue weighted by Gasteiger charge is 2.18. The minimum Gasteiger partial charge on any atom is -0.407 e. The average molecular weight is 266 g/mol. The van der Waals surface area contributed by atoms with Crippen LogP contribution in [-0.2, 0) is 6.54 Å². The Balaban J connectivity index is 1.82. The number of rotatable bonds is 5.